The third-order valence-corrected chi connectivity index (χ3v) is 3.71. The predicted molar refractivity (Wildman–Crippen MR) is 78.0 cm³/mol. The molecule has 0 spiro atoms. The van der Waals surface area contributed by atoms with Gasteiger partial charge < -0.3 is 5.73 Å². The average molecular weight is 262 g/mol. The number of thiazole rings is 1. The molecule has 1 heterocycles. The van der Waals surface area contributed by atoms with Crippen LogP contribution >= 0.6 is 11.3 Å². The second-order valence-corrected chi connectivity index (χ2v) is 5.19. The van der Waals surface area contributed by atoms with Crippen LogP contribution in [0.15, 0.2) is 34.4 Å². The number of aromatic nitrogens is 1. The minimum absolute atomic E-state index is 0.114. The lowest BCUT2D eigenvalue weighted by Gasteiger charge is -2.07. The summed E-state index contributed by atoms with van der Waals surface area (Å²) < 4.78 is 1.86. The van der Waals surface area contributed by atoms with Crippen molar-refractivity contribution in [1.29, 1.82) is 0 Å². The summed E-state index contributed by atoms with van der Waals surface area (Å²) in [6, 6.07) is 7.69. The monoisotopic (exact) mass is 262 g/mol. The van der Waals surface area contributed by atoms with Crippen molar-refractivity contribution in [3.05, 3.63) is 39.3 Å². The Bertz CT molecular complexity index is 571. The van der Waals surface area contributed by atoms with Crippen LogP contribution < -0.4 is 10.6 Å². The molecule has 0 unspecified atom stereocenters. The van der Waals surface area contributed by atoms with Gasteiger partial charge in [-0.2, -0.15) is 0 Å². The number of hydrogen-bond acceptors (Lipinski definition) is 3. The van der Waals surface area contributed by atoms with Gasteiger partial charge in [0, 0.05) is 23.2 Å². The van der Waals surface area contributed by atoms with E-state index in [0.29, 0.717) is 0 Å². The van der Waals surface area contributed by atoms with Gasteiger partial charge in [-0.05, 0) is 18.6 Å². The number of nitrogen functional groups attached to an aromatic ring is 1. The van der Waals surface area contributed by atoms with Gasteiger partial charge in [-0.15, -0.1) is 0 Å². The molecular formula is C14H18N2OS. The molecule has 96 valence electrons. The van der Waals surface area contributed by atoms with Crippen LogP contribution in [0, 0.1) is 0 Å². The summed E-state index contributed by atoms with van der Waals surface area (Å²) >= 11 is 1.26. The Morgan fingerprint density at radius 2 is 2.17 bits per heavy atom. The SMILES string of the molecule is CCCCCn1c(-c2cccc(N)c2)csc1=O. The first-order valence-electron chi connectivity index (χ1n) is 6.26. The topological polar surface area (TPSA) is 48.0 Å². The van der Waals surface area contributed by atoms with Crippen LogP contribution in [0.5, 0.6) is 0 Å². The van der Waals surface area contributed by atoms with Gasteiger partial charge in [0.2, 0.25) is 0 Å². The van der Waals surface area contributed by atoms with E-state index < -0.39 is 0 Å². The molecule has 4 heteroatoms. The number of anilines is 1. The molecule has 0 saturated heterocycles. The summed E-state index contributed by atoms with van der Waals surface area (Å²) in [4.78, 5) is 12.0. The Morgan fingerprint density at radius 3 is 2.89 bits per heavy atom. The van der Waals surface area contributed by atoms with Gasteiger partial charge in [0.05, 0.1) is 5.69 Å². The van der Waals surface area contributed by atoms with Crippen LogP contribution in [0.1, 0.15) is 26.2 Å². The molecule has 0 aliphatic carbocycles. The number of hydrogen-bond donors (Lipinski definition) is 1. The molecule has 18 heavy (non-hydrogen) atoms. The number of rotatable bonds is 5. The summed E-state index contributed by atoms with van der Waals surface area (Å²) in [6.07, 6.45) is 3.35. The quantitative estimate of drug-likeness (QED) is 0.663. The number of benzene rings is 1. The van der Waals surface area contributed by atoms with Gasteiger partial charge in [-0.25, -0.2) is 0 Å². The summed E-state index contributed by atoms with van der Waals surface area (Å²) in [6.45, 7) is 2.95. The zero-order chi connectivity index (χ0) is 13.0. The van der Waals surface area contributed by atoms with Crippen LogP contribution in [0.4, 0.5) is 5.69 Å². The molecular weight excluding hydrogens is 244 g/mol. The van der Waals surface area contributed by atoms with Crippen molar-refractivity contribution >= 4 is 17.0 Å². The molecule has 0 fully saturated rings. The summed E-state index contributed by atoms with van der Waals surface area (Å²) in [5.41, 5.74) is 8.52. The van der Waals surface area contributed by atoms with Crippen LogP contribution in [-0.2, 0) is 6.54 Å². The van der Waals surface area contributed by atoms with Crippen molar-refractivity contribution in [2.24, 2.45) is 0 Å². The molecule has 0 amide bonds. The van der Waals surface area contributed by atoms with Crippen LogP contribution in [0.2, 0.25) is 0 Å². The molecule has 3 nitrogen and oxygen atoms in total. The molecule has 2 N–H and O–H groups in total. The molecule has 2 rings (SSSR count). The molecule has 0 atom stereocenters. The second-order valence-electron chi connectivity index (χ2n) is 4.37. The molecule has 0 saturated carbocycles. The van der Waals surface area contributed by atoms with Gasteiger partial charge in [-0.3, -0.25) is 9.36 Å². The second kappa shape index (κ2) is 5.87. The fraction of sp³-hybridized carbons (Fsp3) is 0.357. The van der Waals surface area contributed by atoms with E-state index in [1.54, 1.807) is 0 Å². The maximum absolute atomic E-state index is 11.8. The lowest BCUT2D eigenvalue weighted by atomic mass is 10.1. The average Bonchev–Trinajstić information content (AvgIpc) is 2.72. The third kappa shape index (κ3) is 2.82. The van der Waals surface area contributed by atoms with E-state index >= 15 is 0 Å². The standard InChI is InChI=1S/C14H18N2OS/c1-2-3-4-8-16-13(10-18-14(16)17)11-6-5-7-12(15)9-11/h5-7,9-10H,2-4,8,15H2,1H3. The van der Waals surface area contributed by atoms with E-state index in [0.717, 1.165) is 42.8 Å². The van der Waals surface area contributed by atoms with E-state index in [-0.39, 0.29) is 4.87 Å². The molecule has 0 aliphatic heterocycles. The van der Waals surface area contributed by atoms with Crippen molar-refractivity contribution in [1.82, 2.24) is 4.57 Å². The van der Waals surface area contributed by atoms with Gasteiger partial charge in [0.1, 0.15) is 0 Å². The minimum atomic E-state index is 0.114. The number of unbranched alkanes of at least 4 members (excludes halogenated alkanes) is 2. The minimum Gasteiger partial charge on any atom is -0.399 e. The van der Waals surface area contributed by atoms with Gasteiger partial charge in [0.25, 0.3) is 0 Å². The van der Waals surface area contributed by atoms with Crippen LogP contribution in [0.3, 0.4) is 0 Å². The first kappa shape index (κ1) is 12.9. The first-order chi connectivity index (χ1) is 8.72. The predicted octanol–water partition coefficient (Wildman–Crippen LogP) is 3.35. The smallest absolute Gasteiger partial charge is 0.307 e. The Hall–Kier alpha value is -1.55. The van der Waals surface area contributed by atoms with Crippen molar-refractivity contribution in [3.63, 3.8) is 0 Å². The van der Waals surface area contributed by atoms with Crippen molar-refractivity contribution < 1.29 is 0 Å². The van der Waals surface area contributed by atoms with Gasteiger partial charge >= 0.3 is 4.87 Å². The fourth-order valence-electron chi connectivity index (χ4n) is 1.99. The highest BCUT2D eigenvalue weighted by molar-refractivity contribution is 7.07. The van der Waals surface area contributed by atoms with E-state index in [9.17, 15) is 4.79 Å². The summed E-state index contributed by atoms with van der Waals surface area (Å²) in [5.74, 6) is 0. The van der Waals surface area contributed by atoms with E-state index in [1.165, 1.54) is 11.3 Å². The zero-order valence-electron chi connectivity index (χ0n) is 10.6. The molecule has 0 bridgehead atoms. The maximum Gasteiger partial charge on any atom is 0.307 e. The van der Waals surface area contributed by atoms with E-state index in [1.807, 2.05) is 34.2 Å². The first-order valence-corrected chi connectivity index (χ1v) is 7.14. The lowest BCUT2D eigenvalue weighted by molar-refractivity contribution is 0.600. The number of nitrogens with two attached hydrogens (primary N) is 1. The van der Waals surface area contributed by atoms with Crippen molar-refractivity contribution in [2.75, 3.05) is 5.73 Å². The Balaban J connectivity index is 2.31. The molecule has 0 aliphatic rings. The highest BCUT2D eigenvalue weighted by atomic mass is 32.1. The van der Waals surface area contributed by atoms with Gasteiger partial charge in [0.15, 0.2) is 0 Å². The Morgan fingerprint density at radius 1 is 1.33 bits per heavy atom. The molecule has 1 aromatic heterocycles. The van der Waals surface area contributed by atoms with Gasteiger partial charge in [-0.1, -0.05) is 43.2 Å². The molecule has 1 aromatic carbocycles. The zero-order valence-corrected chi connectivity index (χ0v) is 11.4. The third-order valence-electron chi connectivity index (χ3n) is 2.95. The Labute approximate surface area is 111 Å². The highest BCUT2D eigenvalue weighted by Gasteiger charge is 2.08. The molecule has 0 radical (unpaired) electrons. The van der Waals surface area contributed by atoms with E-state index in [4.69, 9.17) is 5.73 Å². The highest BCUT2D eigenvalue weighted by Crippen LogP contribution is 2.22. The number of nitrogens with zero attached hydrogens (tertiary/aromatic N) is 1. The summed E-state index contributed by atoms with van der Waals surface area (Å²) in [7, 11) is 0. The Kier molecular flexibility index (Phi) is 4.20. The normalized spacial score (nSPS) is 10.7. The van der Waals surface area contributed by atoms with Crippen LogP contribution in [0.25, 0.3) is 11.3 Å². The van der Waals surface area contributed by atoms with Crippen molar-refractivity contribution in [3.8, 4) is 11.3 Å². The fourth-order valence-corrected chi connectivity index (χ4v) is 2.78. The lowest BCUT2D eigenvalue weighted by Crippen LogP contribution is -2.14. The van der Waals surface area contributed by atoms with Crippen LogP contribution in [-0.4, -0.2) is 4.57 Å². The van der Waals surface area contributed by atoms with E-state index in [2.05, 4.69) is 6.92 Å². The van der Waals surface area contributed by atoms with Crippen molar-refractivity contribution in [2.45, 2.75) is 32.7 Å². The summed E-state index contributed by atoms with van der Waals surface area (Å²) in [5, 5.41) is 1.92. The maximum atomic E-state index is 11.8. The largest absolute Gasteiger partial charge is 0.399 e. The molecule has 2 aromatic rings.